The molecular formula is C17H23NO4. The lowest BCUT2D eigenvalue weighted by atomic mass is 10.0. The predicted octanol–water partition coefficient (Wildman–Crippen LogP) is 1.82. The molecule has 2 heterocycles. The number of carbonyl (C=O) groups excluding carboxylic acids is 1. The third-order valence-corrected chi connectivity index (χ3v) is 4.02. The van der Waals surface area contributed by atoms with Crippen molar-refractivity contribution in [1.29, 1.82) is 0 Å². The second-order valence-electron chi connectivity index (χ2n) is 5.82. The maximum absolute atomic E-state index is 11.8. The van der Waals surface area contributed by atoms with Crippen molar-refractivity contribution in [3.05, 3.63) is 29.3 Å². The normalized spacial score (nSPS) is 20.3. The Bertz CT molecular complexity index is 511. The van der Waals surface area contributed by atoms with Crippen molar-refractivity contribution in [3.63, 3.8) is 0 Å². The molecule has 2 aliphatic rings. The van der Waals surface area contributed by atoms with Crippen molar-refractivity contribution in [2.24, 2.45) is 0 Å². The zero-order chi connectivity index (χ0) is 15.2. The number of hydrogen-bond acceptors (Lipinski definition) is 4. The van der Waals surface area contributed by atoms with Gasteiger partial charge < -0.3 is 19.5 Å². The molecule has 2 aliphatic heterocycles. The van der Waals surface area contributed by atoms with Gasteiger partial charge in [0.25, 0.3) is 0 Å². The molecule has 0 aliphatic carbocycles. The van der Waals surface area contributed by atoms with Crippen LogP contribution in [0.2, 0.25) is 0 Å². The van der Waals surface area contributed by atoms with Gasteiger partial charge in [0.1, 0.15) is 12.4 Å². The molecule has 22 heavy (non-hydrogen) atoms. The van der Waals surface area contributed by atoms with Gasteiger partial charge in [-0.25, -0.2) is 0 Å². The van der Waals surface area contributed by atoms with E-state index in [2.05, 4.69) is 11.4 Å². The first-order valence-electron chi connectivity index (χ1n) is 8.02. The highest BCUT2D eigenvalue weighted by Gasteiger charge is 2.16. The van der Waals surface area contributed by atoms with E-state index >= 15 is 0 Å². The molecule has 5 heteroatoms. The molecule has 1 aromatic carbocycles. The molecule has 0 spiro atoms. The van der Waals surface area contributed by atoms with Crippen LogP contribution in [0.4, 0.5) is 0 Å². The lowest BCUT2D eigenvalue weighted by Gasteiger charge is -2.18. The first-order valence-corrected chi connectivity index (χ1v) is 8.02. The fourth-order valence-electron chi connectivity index (χ4n) is 2.83. The Labute approximate surface area is 130 Å². The summed E-state index contributed by atoms with van der Waals surface area (Å²) in [6.45, 7) is 2.72. The van der Waals surface area contributed by atoms with Crippen LogP contribution < -0.4 is 10.1 Å². The molecule has 1 N–H and O–H groups in total. The van der Waals surface area contributed by atoms with Crippen LogP contribution in [0.25, 0.3) is 0 Å². The lowest BCUT2D eigenvalue weighted by molar-refractivity contribution is -0.127. The van der Waals surface area contributed by atoms with Crippen molar-refractivity contribution >= 4 is 5.91 Å². The van der Waals surface area contributed by atoms with Crippen LogP contribution >= 0.6 is 0 Å². The highest BCUT2D eigenvalue weighted by molar-refractivity contribution is 5.77. The van der Waals surface area contributed by atoms with Crippen molar-refractivity contribution < 1.29 is 19.0 Å². The average Bonchev–Trinajstić information content (AvgIpc) is 3.06. The van der Waals surface area contributed by atoms with E-state index in [0.717, 1.165) is 50.2 Å². The predicted molar refractivity (Wildman–Crippen MR) is 81.9 cm³/mol. The van der Waals surface area contributed by atoms with Crippen molar-refractivity contribution in [3.8, 4) is 5.75 Å². The number of hydrogen-bond donors (Lipinski definition) is 1. The fourth-order valence-corrected chi connectivity index (χ4v) is 2.83. The van der Waals surface area contributed by atoms with Gasteiger partial charge in [-0.2, -0.15) is 0 Å². The molecule has 1 saturated heterocycles. The molecule has 1 fully saturated rings. The maximum atomic E-state index is 11.8. The number of carbonyl (C=O) groups is 1. The van der Waals surface area contributed by atoms with E-state index in [0.29, 0.717) is 13.2 Å². The Morgan fingerprint density at radius 2 is 2.27 bits per heavy atom. The van der Waals surface area contributed by atoms with Crippen molar-refractivity contribution in [2.45, 2.75) is 38.3 Å². The zero-order valence-corrected chi connectivity index (χ0v) is 12.8. The van der Waals surface area contributed by atoms with Gasteiger partial charge in [0, 0.05) is 13.2 Å². The molecule has 3 rings (SSSR count). The van der Waals surface area contributed by atoms with Crippen molar-refractivity contribution in [1.82, 2.24) is 5.32 Å². The molecule has 120 valence electrons. The number of ether oxygens (including phenoxy) is 3. The van der Waals surface area contributed by atoms with Gasteiger partial charge in [0.2, 0.25) is 5.91 Å². The zero-order valence-electron chi connectivity index (χ0n) is 12.8. The van der Waals surface area contributed by atoms with E-state index in [1.165, 1.54) is 5.56 Å². The monoisotopic (exact) mass is 305 g/mol. The molecule has 0 bridgehead atoms. The summed E-state index contributed by atoms with van der Waals surface area (Å²) in [6, 6.07) is 6.10. The summed E-state index contributed by atoms with van der Waals surface area (Å²) in [7, 11) is 0. The largest absolute Gasteiger partial charge is 0.493 e. The molecule has 1 amide bonds. The number of fused-ring (bicyclic) bond motifs is 1. The van der Waals surface area contributed by atoms with Gasteiger partial charge in [0.05, 0.1) is 19.3 Å². The third kappa shape index (κ3) is 4.21. The van der Waals surface area contributed by atoms with Crippen LogP contribution in [0, 0.1) is 0 Å². The quantitative estimate of drug-likeness (QED) is 0.871. The molecule has 0 saturated carbocycles. The minimum absolute atomic E-state index is 0.0908. The van der Waals surface area contributed by atoms with Gasteiger partial charge in [-0.05, 0) is 42.9 Å². The van der Waals surface area contributed by atoms with Crippen LogP contribution in [0.3, 0.4) is 0 Å². The van der Waals surface area contributed by atoms with Crippen LogP contribution in [-0.2, 0) is 27.2 Å². The first-order chi connectivity index (χ1) is 10.8. The summed E-state index contributed by atoms with van der Waals surface area (Å²) < 4.78 is 16.4. The molecular weight excluding hydrogens is 282 g/mol. The van der Waals surface area contributed by atoms with E-state index in [9.17, 15) is 4.79 Å². The Hall–Kier alpha value is -1.59. The van der Waals surface area contributed by atoms with Gasteiger partial charge in [-0.1, -0.05) is 12.1 Å². The first kappa shape index (κ1) is 15.3. The van der Waals surface area contributed by atoms with Crippen LogP contribution in [-0.4, -0.2) is 38.4 Å². The Morgan fingerprint density at radius 3 is 3.14 bits per heavy atom. The Kier molecular flexibility index (Phi) is 5.29. The van der Waals surface area contributed by atoms with Crippen LogP contribution in [0.5, 0.6) is 5.75 Å². The molecule has 0 aromatic heterocycles. The Morgan fingerprint density at radius 1 is 1.32 bits per heavy atom. The summed E-state index contributed by atoms with van der Waals surface area (Å²) >= 11 is 0. The lowest BCUT2D eigenvalue weighted by Crippen LogP contribution is -2.28. The minimum Gasteiger partial charge on any atom is -0.493 e. The molecule has 0 unspecified atom stereocenters. The highest BCUT2D eigenvalue weighted by atomic mass is 16.5. The van der Waals surface area contributed by atoms with Crippen molar-refractivity contribution in [2.75, 3.05) is 26.4 Å². The van der Waals surface area contributed by atoms with Gasteiger partial charge in [-0.15, -0.1) is 0 Å². The molecule has 5 nitrogen and oxygen atoms in total. The summed E-state index contributed by atoms with van der Waals surface area (Å²) in [6.07, 6.45) is 4.37. The molecule has 1 atom stereocenters. The van der Waals surface area contributed by atoms with Crippen LogP contribution in [0.1, 0.15) is 30.4 Å². The van der Waals surface area contributed by atoms with E-state index in [1.54, 1.807) is 0 Å². The summed E-state index contributed by atoms with van der Waals surface area (Å²) in [4.78, 5) is 11.8. The average molecular weight is 305 g/mol. The SMILES string of the molecule is O=C(COC[C@@H]1CCCO1)NCc1ccc2c(c1)CCCO2. The molecule has 1 aromatic rings. The Balaban J connectivity index is 1.39. The highest BCUT2D eigenvalue weighted by Crippen LogP contribution is 2.25. The van der Waals surface area contributed by atoms with Crippen LogP contribution in [0.15, 0.2) is 18.2 Å². The van der Waals surface area contributed by atoms with Gasteiger partial charge >= 0.3 is 0 Å². The summed E-state index contributed by atoms with van der Waals surface area (Å²) in [5.41, 5.74) is 2.32. The van der Waals surface area contributed by atoms with Gasteiger partial charge in [-0.3, -0.25) is 4.79 Å². The number of aryl methyl sites for hydroxylation is 1. The third-order valence-electron chi connectivity index (χ3n) is 4.02. The second-order valence-corrected chi connectivity index (χ2v) is 5.82. The molecule has 0 radical (unpaired) electrons. The minimum atomic E-state index is -0.0908. The summed E-state index contributed by atoms with van der Waals surface area (Å²) in [5, 5.41) is 2.89. The number of nitrogens with one attached hydrogen (secondary N) is 1. The fraction of sp³-hybridized carbons (Fsp3) is 0.588. The number of amides is 1. The number of rotatable bonds is 6. The smallest absolute Gasteiger partial charge is 0.246 e. The van der Waals surface area contributed by atoms with E-state index in [4.69, 9.17) is 14.2 Å². The number of benzene rings is 1. The van der Waals surface area contributed by atoms with E-state index in [-0.39, 0.29) is 18.6 Å². The maximum Gasteiger partial charge on any atom is 0.246 e. The standard InChI is InChI=1S/C17H23NO4/c19-17(12-20-11-15-4-2-7-21-15)18-10-13-5-6-16-14(9-13)3-1-8-22-16/h5-6,9,15H,1-4,7-8,10-12H2,(H,18,19)/t15-/m0/s1. The topological polar surface area (TPSA) is 56.8 Å². The van der Waals surface area contributed by atoms with E-state index in [1.807, 2.05) is 12.1 Å². The van der Waals surface area contributed by atoms with E-state index < -0.39 is 0 Å². The second kappa shape index (κ2) is 7.61. The summed E-state index contributed by atoms with van der Waals surface area (Å²) in [5.74, 6) is 0.883. The van der Waals surface area contributed by atoms with Gasteiger partial charge in [0.15, 0.2) is 0 Å².